The van der Waals surface area contributed by atoms with Crippen molar-refractivity contribution in [1.29, 1.82) is 0 Å². The van der Waals surface area contributed by atoms with Gasteiger partial charge in [-0.3, -0.25) is 0 Å². The van der Waals surface area contributed by atoms with Crippen molar-refractivity contribution in [3.8, 4) is 17.3 Å². The normalized spacial score (nSPS) is 13.8. The largest absolute Gasteiger partial charge is 0.493 e. The molecule has 1 aliphatic rings. The summed E-state index contributed by atoms with van der Waals surface area (Å²) in [6.45, 7) is 2.59. The van der Waals surface area contributed by atoms with E-state index in [0.29, 0.717) is 43.4 Å². The SMILES string of the molecule is COc1ccc(NC(=O)N2CCN(c3cc(-n4cccc4)ncn3)CC2)cc1OC. The molecule has 3 heterocycles. The Morgan fingerprint density at radius 3 is 2.33 bits per heavy atom. The van der Waals surface area contributed by atoms with Crippen molar-refractivity contribution in [2.45, 2.75) is 0 Å². The molecule has 2 aromatic heterocycles. The average Bonchev–Trinajstić information content (AvgIpc) is 3.34. The maximum absolute atomic E-state index is 12.7. The summed E-state index contributed by atoms with van der Waals surface area (Å²) in [5, 5.41) is 2.92. The van der Waals surface area contributed by atoms with Crippen LogP contribution in [0.4, 0.5) is 16.3 Å². The van der Waals surface area contributed by atoms with Crippen LogP contribution in [-0.4, -0.2) is 65.9 Å². The Labute approximate surface area is 174 Å². The summed E-state index contributed by atoms with van der Waals surface area (Å²) in [7, 11) is 3.15. The van der Waals surface area contributed by atoms with Gasteiger partial charge < -0.3 is 29.2 Å². The Kier molecular flexibility index (Phi) is 5.69. The van der Waals surface area contributed by atoms with Crippen molar-refractivity contribution >= 4 is 17.5 Å². The number of anilines is 2. The zero-order chi connectivity index (χ0) is 20.9. The Hall–Kier alpha value is -3.75. The molecule has 4 rings (SSSR count). The van der Waals surface area contributed by atoms with Crippen LogP contribution in [0, 0.1) is 0 Å². The number of urea groups is 1. The molecular formula is C21H24N6O3. The minimum absolute atomic E-state index is 0.141. The first-order valence-electron chi connectivity index (χ1n) is 9.66. The number of benzene rings is 1. The van der Waals surface area contributed by atoms with Crippen molar-refractivity contribution in [2.24, 2.45) is 0 Å². The zero-order valence-corrected chi connectivity index (χ0v) is 17.0. The van der Waals surface area contributed by atoms with Crippen molar-refractivity contribution < 1.29 is 14.3 Å². The van der Waals surface area contributed by atoms with Crippen LogP contribution in [0.3, 0.4) is 0 Å². The van der Waals surface area contributed by atoms with E-state index in [1.807, 2.05) is 35.2 Å². The molecule has 0 bridgehead atoms. The number of piperazine rings is 1. The van der Waals surface area contributed by atoms with E-state index in [4.69, 9.17) is 9.47 Å². The van der Waals surface area contributed by atoms with Gasteiger partial charge in [0.05, 0.1) is 14.2 Å². The number of nitrogens with zero attached hydrogens (tertiary/aromatic N) is 5. The average molecular weight is 408 g/mol. The van der Waals surface area contributed by atoms with E-state index in [9.17, 15) is 4.79 Å². The highest BCUT2D eigenvalue weighted by Crippen LogP contribution is 2.30. The lowest BCUT2D eigenvalue weighted by atomic mass is 10.2. The lowest BCUT2D eigenvalue weighted by Gasteiger charge is -2.35. The standard InChI is InChI=1S/C21H24N6O3/c1-29-17-6-5-16(13-18(17)30-2)24-21(28)27-11-9-26(10-12-27)20-14-19(22-15-23-20)25-7-3-4-8-25/h3-8,13-15H,9-12H2,1-2H3,(H,24,28). The summed E-state index contributed by atoms with van der Waals surface area (Å²) >= 11 is 0. The molecule has 9 nitrogen and oxygen atoms in total. The van der Waals surface area contributed by atoms with Crippen LogP contribution in [0.2, 0.25) is 0 Å². The van der Waals surface area contributed by atoms with Gasteiger partial charge in [-0.25, -0.2) is 14.8 Å². The summed E-state index contributed by atoms with van der Waals surface area (Å²) in [5.41, 5.74) is 0.659. The number of nitrogens with one attached hydrogen (secondary N) is 1. The van der Waals surface area contributed by atoms with Crippen LogP contribution in [0.15, 0.2) is 55.1 Å². The van der Waals surface area contributed by atoms with Gasteiger partial charge in [-0.05, 0) is 24.3 Å². The Bertz CT molecular complexity index is 1000. The predicted molar refractivity (Wildman–Crippen MR) is 114 cm³/mol. The number of carbonyl (C=O) groups excluding carboxylic acids is 1. The van der Waals surface area contributed by atoms with Crippen LogP contribution in [0.5, 0.6) is 11.5 Å². The fourth-order valence-electron chi connectivity index (χ4n) is 3.39. The number of hydrogen-bond acceptors (Lipinski definition) is 6. The van der Waals surface area contributed by atoms with Gasteiger partial charge in [-0.1, -0.05) is 0 Å². The fourth-order valence-corrected chi connectivity index (χ4v) is 3.39. The van der Waals surface area contributed by atoms with E-state index in [-0.39, 0.29) is 6.03 Å². The molecule has 9 heteroatoms. The van der Waals surface area contributed by atoms with Crippen LogP contribution < -0.4 is 19.7 Å². The van der Waals surface area contributed by atoms with Crippen LogP contribution in [0.1, 0.15) is 0 Å². The van der Waals surface area contributed by atoms with Crippen LogP contribution in [-0.2, 0) is 0 Å². The predicted octanol–water partition coefficient (Wildman–Crippen LogP) is 2.64. The maximum atomic E-state index is 12.7. The second-order valence-corrected chi connectivity index (χ2v) is 6.80. The molecule has 0 atom stereocenters. The molecule has 156 valence electrons. The molecule has 0 saturated carbocycles. The van der Waals surface area contributed by atoms with E-state index in [1.165, 1.54) is 0 Å². The highest BCUT2D eigenvalue weighted by molar-refractivity contribution is 5.90. The molecule has 1 aliphatic heterocycles. The monoisotopic (exact) mass is 408 g/mol. The van der Waals surface area contributed by atoms with Gasteiger partial charge in [-0.2, -0.15) is 0 Å². The third-order valence-electron chi connectivity index (χ3n) is 5.03. The third-order valence-corrected chi connectivity index (χ3v) is 5.03. The second kappa shape index (κ2) is 8.73. The minimum atomic E-state index is -0.141. The molecule has 1 N–H and O–H groups in total. The van der Waals surface area contributed by atoms with E-state index in [0.717, 1.165) is 11.6 Å². The second-order valence-electron chi connectivity index (χ2n) is 6.80. The van der Waals surface area contributed by atoms with E-state index in [2.05, 4.69) is 20.2 Å². The Morgan fingerprint density at radius 2 is 1.63 bits per heavy atom. The third kappa shape index (κ3) is 4.14. The molecule has 30 heavy (non-hydrogen) atoms. The molecule has 0 radical (unpaired) electrons. The topological polar surface area (TPSA) is 84.8 Å². The number of ether oxygens (including phenoxy) is 2. The highest BCUT2D eigenvalue weighted by atomic mass is 16.5. The maximum Gasteiger partial charge on any atom is 0.321 e. The van der Waals surface area contributed by atoms with Gasteiger partial charge >= 0.3 is 6.03 Å². The van der Waals surface area contributed by atoms with Crippen molar-refractivity contribution in [3.05, 3.63) is 55.1 Å². The van der Waals surface area contributed by atoms with Crippen molar-refractivity contribution in [1.82, 2.24) is 19.4 Å². The minimum Gasteiger partial charge on any atom is -0.493 e. The van der Waals surface area contributed by atoms with E-state index >= 15 is 0 Å². The van der Waals surface area contributed by atoms with Crippen molar-refractivity contribution in [3.63, 3.8) is 0 Å². The molecule has 1 fully saturated rings. The number of hydrogen-bond donors (Lipinski definition) is 1. The van der Waals surface area contributed by atoms with Gasteiger partial charge in [0, 0.05) is 56.4 Å². The summed E-state index contributed by atoms with van der Waals surface area (Å²) in [6, 6.07) is 11.0. The van der Waals surface area contributed by atoms with Gasteiger partial charge in [0.1, 0.15) is 18.0 Å². The molecule has 2 amide bonds. The quantitative estimate of drug-likeness (QED) is 0.699. The Morgan fingerprint density at radius 1 is 0.933 bits per heavy atom. The Balaban J connectivity index is 1.36. The number of methoxy groups -OCH3 is 2. The molecule has 3 aromatic rings. The molecule has 0 spiro atoms. The number of amides is 2. The first-order valence-corrected chi connectivity index (χ1v) is 9.66. The first kappa shape index (κ1) is 19.6. The van der Waals surface area contributed by atoms with Crippen LogP contribution >= 0.6 is 0 Å². The summed E-state index contributed by atoms with van der Waals surface area (Å²) in [4.78, 5) is 25.4. The van der Waals surface area contributed by atoms with E-state index < -0.39 is 0 Å². The summed E-state index contributed by atoms with van der Waals surface area (Å²) in [6.07, 6.45) is 5.46. The number of carbonyl (C=O) groups is 1. The smallest absolute Gasteiger partial charge is 0.321 e. The van der Waals surface area contributed by atoms with Gasteiger partial charge in [0.2, 0.25) is 0 Å². The number of aromatic nitrogens is 3. The van der Waals surface area contributed by atoms with Gasteiger partial charge in [-0.15, -0.1) is 0 Å². The molecular weight excluding hydrogens is 384 g/mol. The zero-order valence-electron chi connectivity index (χ0n) is 17.0. The summed E-state index contributed by atoms with van der Waals surface area (Å²) in [5.74, 6) is 2.86. The van der Waals surface area contributed by atoms with Crippen molar-refractivity contribution in [2.75, 3.05) is 50.6 Å². The van der Waals surface area contributed by atoms with Gasteiger partial charge in [0.15, 0.2) is 11.5 Å². The number of rotatable bonds is 5. The fraction of sp³-hybridized carbons (Fsp3) is 0.286. The van der Waals surface area contributed by atoms with E-state index in [1.54, 1.807) is 43.6 Å². The first-order chi connectivity index (χ1) is 14.7. The molecule has 0 aliphatic carbocycles. The summed E-state index contributed by atoms with van der Waals surface area (Å²) < 4.78 is 12.5. The molecule has 1 saturated heterocycles. The lowest BCUT2D eigenvalue weighted by Crippen LogP contribution is -2.50. The van der Waals surface area contributed by atoms with Gasteiger partial charge in [0.25, 0.3) is 0 Å². The van der Waals surface area contributed by atoms with Crippen LogP contribution in [0.25, 0.3) is 5.82 Å². The lowest BCUT2D eigenvalue weighted by molar-refractivity contribution is 0.208. The highest BCUT2D eigenvalue weighted by Gasteiger charge is 2.22. The molecule has 1 aromatic carbocycles. The molecule has 0 unspecified atom stereocenters.